The number of carbonyl (C=O) groups is 1. The SMILES string of the molecule is CC(=O)Cc1csc(Cc2ccc(C(F)(F)F)cc2)n1. The number of benzene rings is 1. The predicted molar refractivity (Wildman–Crippen MR) is 70.7 cm³/mol. The Labute approximate surface area is 118 Å². The van der Waals surface area contributed by atoms with E-state index in [4.69, 9.17) is 0 Å². The van der Waals surface area contributed by atoms with Crippen molar-refractivity contribution in [1.29, 1.82) is 0 Å². The van der Waals surface area contributed by atoms with Crippen molar-refractivity contribution in [2.45, 2.75) is 25.9 Å². The highest BCUT2D eigenvalue weighted by Gasteiger charge is 2.29. The second-order valence-corrected chi connectivity index (χ2v) is 5.43. The lowest BCUT2D eigenvalue weighted by Gasteiger charge is -2.06. The highest BCUT2D eigenvalue weighted by Crippen LogP contribution is 2.29. The Bertz CT molecular complexity index is 602. The van der Waals surface area contributed by atoms with Crippen molar-refractivity contribution < 1.29 is 18.0 Å². The van der Waals surface area contributed by atoms with E-state index in [1.807, 2.05) is 0 Å². The summed E-state index contributed by atoms with van der Waals surface area (Å²) in [7, 11) is 0. The molecule has 20 heavy (non-hydrogen) atoms. The topological polar surface area (TPSA) is 30.0 Å². The molecule has 1 aromatic carbocycles. The Kier molecular flexibility index (Phi) is 4.23. The maximum atomic E-state index is 12.4. The fourth-order valence-corrected chi connectivity index (χ4v) is 2.58. The lowest BCUT2D eigenvalue weighted by Crippen LogP contribution is -2.04. The number of ketones is 1. The third-order valence-corrected chi connectivity index (χ3v) is 3.56. The molecule has 0 aliphatic rings. The first kappa shape index (κ1) is 14.7. The van der Waals surface area contributed by atoms with Gasteiger partial charge < -0.3 is 0 Å². The second-order valence-electron chi connectivity index (χ2n) is 4.48. The molecule has 2 rings (SSSR count). The van der Waals surface area contributed by atoms with Crippen LogP contribution in [0.15, 0.2) is 29.6 Å². The van der Waals surface area contributed by atoms with Crippen LogP contribution < -0.4 is 0 Å². The van der Waals surface area contributed by atoms with Gasteiger partial charge in [0.05, 0.1) is 16.3 Å². The minimum absolute atomic E-state index is 0.0383. The summed E-state index contributed by atoms with van der Waals surface area (Å²) in [5, 5.41) is 2.60. The molecule has 1 heterocycles. The van der Waals surface area contributed by atoms with Crippen molar-refractivity contribution in [2.75, 3.05) is 0 Å². The Morgan fingerprint density at radius 2 is 1.90 bits per heavy atom. The second kappa shape index (κ2) is 5.75. The molecule has 0 N–H and O–H groups in total. The monoisotopic (exact) mass is 299 g/mol. The van der Waals surface area contributed by atoms with E-state index >= 15 is 0 Å². The molecule has 106 valence electrons. The van der Waals surface area contributed by atoms with Crippen LogP contribution in [0.5, 0.6) is 0 Å². The van der Waals surface area contributed by atoms with Gasteiger partial charge in [-0.1, -0.05) is 12.1 Å². The molecule has 0 unspecified atom stereocenters. The van der Waals surface area contributed by atoms with Crippen LogP contribution in [0.25, 0.3) is 0 Å². The first-order valence-corrected chi connectivity index (χ1v) is 6.81. The summed E-state index contributed by atoms with van der Waals surface area (Å²) in [6.07, 6.45) is -3.54. The third-order valence-electron chi connectivity index (χ3n) is 2.67. The molecular weight excluding hydrogens is 287 g/mol. The van der Waals surface area contributed by atoms with Gasteiger partial charge in [0.2, 0.25) is 0 Å². The maximum Gasteiger partial charge on any atom is 0.416 e. The summed E-state index contributed by atoms with van der Waals surface area (Å²) in [5.41, 5.74) is 0.823. The highest BCUT2D eigenvalue weighted by atomic mass is 32.1. The molecule has 2 nitrogen and oxygen atoms in total. The molecular formula is C14H12F3NOS. The van der Waals surface area contributed by atoms with Gasteiger partial charge in [0, 0.05) is 18.2 Å². The minimum atomic E-state index is -4.31. The normalized spacial score (nSPS) is 11.6. The van der Waals surface area contributed by atoms with Crippen LogP contribution in [0, 0.1) is 0 Å². The van der Waals surface area contributed by atoms with Crippen LogP contribution in [-0.4, -0.2) is 10.8 Å². The quantitative estimate of drug-likeness (QED) is 0.857. The number of nitrogens with zero attached hydrogens (tertiary/aromatic N) is 1. The number of hydrogen-bond acceptors (Lipinski definition) is 3. The zero-order chi connectivity index (χ0) is 14.8. The van der Waals surface area contributed by atoms with Crippen molar-refractivity contribution in [3.8, 4) is 0 Å². The highest BCUT2D eigenvalue weighted by molar-refractivity contribution is 7.09. The molecule has 0 bridgehead atoms. The van der Waals surface area contributed by atoms with Crippen molar-refractivity contribution >= 4 is 17.1 Å². The molecule has 2 aromatic rings. The van der Waals surface area contributed by atoms with Crippen LogP contribution in [-0.2, 0) is 23.8 Å². The molecule has 0 radical (unpaired) electrons. The number of rotatable bonds is 4. The van der Waals surface area contributed by atoms with E-state index in [1.54, 1.807) is 5.38 Å². The van der Waals surface area contributed by atoms with Crippen LogP contribution in [0.3, 0.4) is 0 Å². The molecule has 0 amide bonds. The Morgan fingerprint density at radius 1 is 1.25 bits per heavy atom. The van der Waals surface area contributed by atoms with Gasteiger partial charge >= 0.3 is 6.18 Å². The summed E-state index contributed by atoms with van der Waals surface area (Å²) >= 11 is 1.41. The largest absolute Gasteiger partial charge is 0.416 e. The molecule has 1 aromatic heterocycles. The first-order valence-electron chi connectivity index (χ1n) is 5.93. The number of hydrogen-bond donors (Lipinski definition) is 0. The Balaban J connectivity index is 2.06. The first-order chi connectivity index (χ1) is 9.34. The molecule has 0 spiro atoms. The smallest absolute Gasteiger partial charge is 0.300 e. The average Bonchev–Trinajstić information content (AvgIpc) is 2.75. The van der Waals surface area contributed by atoms with E-state index in [0.29, 0.717) is 18.5 Å². The molecule has 0 saturated carbocycles. The van der Waals surface area contributed by atoms with Crippen LogP contribution in [0.2, 0.25) is 0 Å². The molecule has 0 atom stereocenters. The number of Topliss-reactive ketones (excluding diaryl/α,β-unsaturated/α-hetero) is 1. The van der Waals surface area contributed by atoms with Crippen LogP contribution >= 0.6 is 11.3 Å². The average molecular weight is 299 g/mol. The number of aromatic nitrogens is 1. The maximum absolute atomic E-state index is 12.4. The van der Waals surface area contributed by atoms with E-state index in [-0.39, 0.29) is 5.78 Å². The fraction of sp³-hybridized carbons (Fsp3) is 0.286. The summed E-state index contributed by atoms with van der Waals surface area (Å²) in [5.74, 6) is 0.0383. The van der Waals surface area contributed by atoms with Crippen molar-refractivity contribution in [1.82, 2.24) is 4.98 Å². The zero-order valence-corrected chi connectivity index (χ0v) is 11.5. The third kappa shape index (κ3) is 3.90. The van der Waals surface area contributed by atoms with Gasteiger partial charge in [0.15, 0.2) is 0 Å². The summed E-state index contributed by atoms with van der Waals surface area (Å²) in [4.78, 5) is 15.3. The van der Waals surface area contributed by atoms with Crippen LogP contribution in [0.4, 0.5) is 13.2 Å². The summed E-state index contributed by atoms with van der Waals surface area (Å²) < 4.78 is 37.3. The number of thiazole rings is 1. The van der Waals surface area contributed by atoms with Gasteiger partial charge in [-0.15, -0.1) is 11.3 Å². The Hall–Kier alpha value is -1.69. The van der Waals surface area contributed by atoms with Crippen molar-refractivity contribution in [2.24, 2.45) is 0 Å². The van der Waals surface area contributed by atoms with Gasteiger partial charge in [0.25, 0.3) is 0 Å². The molecule has 0 fully saturated rings. The molecule has 0 aliphatic carbocycles. The van der Waals surface area contributed by atoms with E-state index < -0.39 is 11.7 Å². The van der Waals surface area contributed by atoms with E-state index in [1.165, 1.54) is 30.4 Å². The van der Waals surface area contributed by atoms with Gasteiger partial charge in [-0.3, -0.25) is 4.79 Å². The lowest BCUT2D eigenvalue weighted by atomic mass is 10.1. The van der Waals surface area contributed by atoms with E-state index in [9.17, 15) is 18.0 Å². The van der Waals surface area contributed by atoms with Crippen LogP contribution in [0.1, 0.15) is 28.8 Å². The van der Waals surface area contributed by atoms with E-state index in [2.05, 4.69) is 4.98 Å². The van der Waals surface area contributed by atoms with Gasteiger partial charge in [-0.05, 0) is 24.6 Å². The minimum Gasteiger partial charge on any atom is -0.300 e. The van der Waals surface area contributed by atoms with Crippen molar-refractivity contribution in [3.05, 3.63) is 51.5 Å². The summed E-state index contributed by atoms with van der Waals surface area (Å²) in [6.45, 7) is 1.49. The predicted octanol–water partition coefficient (Wildman–Crippen LogP) is 3.88. The van der Waals surface area contributed by atoms with Gasteiger partial charge in [-0.25, -0.2) is 4.98 Å². The molecule has 0 saturated heterocycles. The van der Waals surface area contributed by atoms with Gasteiger partial charge in [-0.2, -0.15) is 13.2 Å². The zero-order valence-electron chi connectivity index (χ0n) is 10.7. The van der Waals surface area contributed by atoms with E-state index in [0.717, 1.165) is 22.7 Å². The Morgan fingerprint density at radius 3 is 2.45 bits per heavy atom. The lowest BCUT2D eigenvalue weighted by molar-refractivity contribution is -0.137. The summed E-state index contributed by atoms with van der Waals surface area (Å²) in [6, 6.07) is 5.04. The van der Waals surface area contributed by atoms with Gasteiger partial charge in [0.1, 0.15) is 5.78 Å². The van der Waals surface area contributed by atoms with Crippen molar-refractivity contribution in [3.63, 3.8) is 0 Å². The molecule has 6 heteroatoms. The number of carbonyl (C=O) groups excluding carboxylic acids is 1. The fourth-order valence-electron chi connectivity index (χ4n) is 1.75. The standard InChI is InChI=1S/C14H12F3NOS/c1-9(19)6-12-8-20-13(18-12)7-10-2-4-11(5-3-10)14(15,16)17/h2-5,8H,6-7H2,1H3. The number of halogens is 3. The molecule has 0 aliphatic heterocycles. The number of alkyl halides is 3.